The van der Waals surface area contributed by atoms with Gasteiger partial charge in [-0.25, -0.2) is 4.98 Å². The maximum absolute atomic E-state index is 12.9. The van der Waals surface area contributed by atoms with Gasteiger partial charge >= 0.3 is 6.18 Å². The van der Waals surface area contributed by atoms with E-state index >= 15 is 0 Å². The SMILES string of the molecule is O=C(NCC(=O)N1CC[C@@]2(CCN(C3CCC(O)(c4cscn4)CC3)C2)C1)c1cccc(C(F)(F)F)c1. The zero-order chi connectivity index (χ0) is 26.3. The molecule has 0 unspecified atom stereocenters. The Morgan fingerprint density at radius 2 is 1.89 bits per heavy atom. The van der Waals surface area contributed by atoms with E-state index in [1.807, 2.05) is 5.38 Å². The Kier molecular flexibility index (Phi) is 7.06. The Morgan fingerprint density at radius 1 is 1.14 bits per heavy atom. The van der Waals surface area contributed by atoms with Crippen molar-refractivity contribution < 1.29 is 27.9 Å². The molecule has 3 heterocycles. The highest BCUT2D eigenvalue weighted by Crippen LogP contribution is 2.44. The van der Waals surface area contributed by atoms with E-state index in [0.29, 0.717) is 32.0 Å². The number of nitrogens with zero attached hydrogens (tertiary/aromatic N) is 3. The molecule has 2 N–H and O–H groups in total. The van der Waals surface area contributed by atoms with Crippen LogP contribution in [0.1, 0.15) is 60.1 Å². The standard InChI is InChI=1S/C26H31F3N4O3S/c27-26(28,29)19-3-1-2-18(12-19)23(35)30-13-22(34)33-11-9-24(16-33)8-10-32(15-24)20-4-6-25(36,7-5-20)21-14-37-17-31-21/h1-3,12,14,17,20,36H,4-11,13,15-16H2,(H,30,35)/t20?,24-,25?/m1/s1. The van der Waals surface area contributed by atoms with Gasteiger partial charge in [0.15, 0.2) is 0 Å². The van der Waals surface area contributed by atoms with Crippen LogP contribution >= 0.6 is 11.3 Å². The normalized spacial score (nSPS) is 28.6. The largest absolute Gasteiger partial charge is 0.416 e. The van der Waals surface area contributed by atoms with E-state index in [2.05, 4.69) is 15.2 Å². The smallest absolute Gasteiger partial charge is 0.384 e. The average Bonchev–Trinajstić information content (AvgIpc) is 3.65. The van der Waals surface area contributed by atoms with E-state index in [9.17, 15) is 27.9 Å². The van der Waals surface area contributed by atoms with Crippen LogP contribution in [0.25, 0.3) is 0 Å². The van der Waals surface area contributed by atoms with Crippen molar-refractivity contribution >= 4 is 23.2 Å². The molecule has 2 aromatic rings. The molecule has 2 amide bonds. The Bertz CT molecular complexity index is 1130. The lowest BCUT2D eigenvalue weighted by molar-refractivity contribution is -0.137. The molecule has 2 saturated heterocycles. The van der Waals surface area contributed by atoms with Crippen molar-refractivity contribution in [1.82, 2.24) is 20.1 Å². The Balaban J connectivity index is 1.10. The molecule has 0 radical (unpaired) electrons. The van der Waals surface area contributed by atoms with Crippen LogP contribution in [0.3, 0.4) is 0 Å². The third kappa shape index (κ3) is 5.53. The maximum atomic E-state index is 12.9. The van der Waals surface area contributed by atoms with Crippen LogP contribution in [0.15, 0.2) is 35.2 Å². The third-order valence-electron chi connectivity index (χ3n) is 8.32. The van der Waals surface area contributed by atoms with Crippen molar-refractivity contribution in [2.75, 3.05) is 32.7 Å². The van der Waals surface area contributed by atoms with Gasteiger partial charge in [-0.05, 0) is 63.3 Å². The highest BCUT2D eigenvalue weighted by Gasteiger charge is 2.47. The fourth-order valence-electron chi connectivity index (χ4n) is 6.11. The summed E-state index contributed by atoms with van der Waals surface area (Å²) < 4.78 is 38.8. The molecule has 2 aliphatic heterocycles. The number of likely N-dealkylation sites (tertiary alicyclic amines) is 2. The van der Waals surface area contributed by atoms with Crippen LogP contribution < -0.4 is 5.32 Å². The van der Waals surface area contributed by atoms with E-state index in [1.54, 1.807) is 10.4 Å². The maximum Gasteiger partial charge on any atom is 0.416 e. The van der Waals surface area contributed by atoms with Crippen molar-refractivity contribution in [3.63, 3.8) is 0 Å². The number of rotatable bonds is 5. The van der Waals surface area contributed by atoms with Crippen LogP contribution in [0.4, 0.5) is 13.2 Å². The molecule has 5 rings (SSSR count). The number of carbonyl (C=O) groups excluding carboxylic acids is 2. The molecule has 1 spiro atoms. The van der Waals surface area contributed by atoms with E-state index in [0.717, 1.165) is 56.6 Å². The molecule has 1 aromatic heterocycles. The van der Waals surface area contributed by atoms with Crippen molar-refractivity contribution in [2.24, 2.45) is 5.41 Å². The Hall–Kier alpha value is -2.50. The Labute approximate surface area is 217 Å². The first kappa shape index (κ1) is 26.1. The zero-order valence-electron chi connectivity index (χ0n) is 20.5. The van der Waals surface area contributed by atoms with Crippen molar-refractivity contribution in [1.29, 1.82) is 0 Å². The summed E-state index contributed by atoms with van der Waals surface area (Å²) in [5.74, 6) is -0.919. The highest BCUT2D eigenvalue weighted by atomic mass is 32.1. The molecule has 1 aromatic carbocycles. The van der Waals surface area contributed by atoms with Crippen molar-refractivity contribution in [2.45, 2.75) is 56.3 Å². The summed E-state index contributed by atoms with van der Waals surface area (Å²) in [7, 11) is 0. The number of thiazole rings is 1. The van der Waals surface area contributed by atoms with Gasteiger partial charge in [0.25, 0.3) is 5.91 Å². The molecular weight excluding hydrogens is 505 g/mol. The number of nitrogens with one attached hydrogen (secondary N) is 1. The van der Waals surface area contributed by atoms with Crippen LogP contribution in [0.2, 0.25) is 0 Å². The zero-order valence-corrected chi connectivity index (χ0v) is 21.3. The molecule has 3 fully saturated rings. The summed E-state index contributed by atoms with van der Waals surface area (Å²) in [5, 5.41) is 15.4. The first-order chi connectivity index (χ1) is 17.6. The first-order valence-corrected chi connectivity index (χ1v) is 13.6. The lowest BCUT2D eigenvalue weighted by atomic mass is 9.80. The van der Waals surface area contributed by atoms with Gasteiger partial charge in [0, 0.05) is 42.0 Å². The first-order valence-electron chi connectivity index (χ1n) is 12.7. The number of alkyl halides is 3. The average molecular weight is 537 g/mol. The minimum Gasteiger partial charge on any atom is -0.384 e. The van der Waals surface area contributed by atoms with E-state index in [-0.39, 0.29) is 23.4 Å². The van der Waals surface area contributed by atoms with Gasteiger partial charge in [-0.15, -0.1) is 11.3 Å². The number of hydrogen-bond donors (Lipinski definition) is 2. The minimum absolute atomic E-state index is 0.0311. The second-order valence-corrected chi connectivity index (χ2v) is 11.4. The van der Waals surface area contributed by atoms with Gasteiger partial charge < -0.3 is 15.3 Å². The molecule has 37 heavy (non-hydrogen) atoms. The second kappa shape index (κ2) is 9.99. The van der Waals surface area contributed by atoms with Gasteiger partial charge in [-0.2, -0.15) is 13.2 Å². The molecular formula is C26H31F3N4O3S. The van der Waals surface area contributed by atoms with Gasteiger partial charge in [-0.3, -0.25) is 14.5 Å². The third-order valence-corrected chi connectivity index (χ3v) is 8.91. The van der Waals surface area contributed by atoms with Crippen LogP contribution in [0.5, 0.6) is 0 Å². The number of hydrogen-bond acceptors (Lipinski definition) is 6. The quantitative estimate of drug-likeness (QED) is 0.610. The minimum atomic E-state index is -4.54. The predicted molar refractivity (Wildman–Crippen MR) is 132 cm³/mol. The number of amides is 2. The molecule has 0 bridgehead atoms. The predicted octanol–water partition coefficient (Wildman–Crippen LogP) is 3.65. The molecule has 3 aliphatic rings. The van der Waals surface area contributed by atoms with Crippen molar-refractivity contribution in [3.8, 4) is 0 Å². The molecule has 11 heteroatoms. The van der Waals surface area contributed by atoms with Crippen LogP contribution in [-0.4, -0.2) is 70.5 Å². The molecule has 200 valence electrons. The number of halogens is 3. The van der Waals surface area contributed by atoms with Gasteiger partial charge in [0.1, 0.15) is 5.60 Å². The number of carbonyl (C=O) groups is 2. The fraction of sp³-hybridized carbons (Fsp3) is 0.577. The number of benzene rings is 1. The van der Waals surface area contributed by atoms with Gasteiger partial charge in [0.2, 0.25) is 5.91 Å². The molecule has 7 nitrogen and oxygen atoms in total. The summed E-state index contributed by atoms with van der Waals surface area (Å²) in [6.07, 6.45) is 0.572. The monoisotopic (exact) mass is 536 g/mol. The lowest BCUT2D eigenvalue weighted by Gasteiger charge is -2.39. The fourth-order valence-corrected chi connectivity index (χ4v) is 6.76. The van der Waals surface area contributed by atoms with Crippen LogP contribution in [-0.2, 0) is 16.6 Å². The molecule has 1 aliphatic carbocycles. The van der Waals surface area contributed by atoms with Gasteiger partial charge in [0.05, 0.1) is 23.3 Å². The summed E-state index contributed by atoms with van der Waals surface area (Å²) >= 11 is 1.50. The number of aliphatic hydroxyl groups is 1. The number of aromatic nitrogens is 1. The van der Waals surface area contributed by atoms with Crippen molar-refractivity contribution in [3.05, 3.63) is 52.0 Å². The van der Waals surface area contributed by atoms with Crippen LogP contribution in [0, 0.1) is 5.41 Å². The highest BCUT2D eigenvalue weighted by molar-refractivity contribution is 7.07. The second-order valence-electron chi connectivity index (χ2n) is 10.7. The summed E-state index contributed by atoms with van der Waals surface area (Å²) in [4.78, 5) is 33.7. The van der Waals surface area contributed by atoms with E-state index in [4.69, 9.17) is 0 Å². The van der Waals surface area contributed by atoms with Gasteiger partial charge in [-0.1, -0.05) is 6.07 Å². The topological polar surface area (TPSA) is 85.8 Å². The summed E-state index contributed by atoms with van der Waals surface area (Å²) in [5.41, 5.74) is 0.712. The Morgan fingerprint density at radius 3 is 2.59 bits per heavy atom. The molecule has 1 atom stereocenters. The summed E-state index contributed by atoms with van der Waals surface area (Å²) in [6.45, 7) is 2.87. The molecule has 1 saturated carbocycles. The lowest BCUT2D eigenvalue weighted by Crippen LogP contribution is -2.43. The van der Waals surface area contributed by atoms with E-state index < -0.39 is 23.2 Å². The van der Waals surface area contributed by atoms with E-state index in [1.165, 1.54) is 23.5 Å². The summed E-state index contributed by atoms with van der Waals surface area (Å²) in [6, 6.07) is 4.60.